The number of thiazole rings is 4. The van der Waals surface area contributed by atoms with Gasteiger partial charge in [0.15, 0.2) is 21.1 Å². The number of nitriles is 1. The Morgan fingerprint density at radius 1 is 0.735 bits per heavy atom. The maximum atomic E-state index is 10.8. The smallest absolute Gasteiger partial charge is 0.373 e. The van der Waals surface area contributed by atoms with Crippen LogP contribution in [0.25, 0.3) is 40.7 Å². The number of phenols is 3. The maximum Gasteiger partial charge on any atom is 0.373 e. The van der Waals surface area contributed by atoms with E-state index in [0.717, 1.165) is 35.7 Å². The van der Waals surface area contributed by atoms with Crippen molar-refractivity contribution < 1.29 is 39.9 Å². The summed E-state index contributed by atoms with van der Waals surface area (Å²) in [5.74, 6) is 0.187. The number of hydrogen-bond acceptors (Lipinski definition) is 18. The highest BCUT2D eigenvalue weighted by atomic mass is 32.2. The van der Waals surface area contributed by atoms with Crippen LogP contribution in [0.2, 0.25) is 0 Å². The molecule has 3 aromatic carbocycles. The van der Waals surface area contributed by atoms with E-state index in [9.17, 15) is 15.0 Å². The van der Waals surface area contributed by atoms with Crippen molar-refractivity contribution in [2.75, 3.05) is 5.75 Å². The fourth-order valence-corrected chi connectivity index (χ4v) is 8.56. The minimum atomic E-state index is -0.906. The normalized spacial score (nSPS) is 13.2. The zero-order valence-electron chi connectivity index (χ0n) is 24.2. The number of hydrogen-bond donors (Lipinski definition) is 5. The molecule has 0 aliphatic carbocycles. The molecular formula is C30H18N6O8S5. The second kappa shape index (κ2) is 15.6. The summed E-state index contributed by atoms with van der Waals surface area (Å²) in [7, 11) is 0. The number of benzene rings is 3. The quantitative estimate of drug-likeness (QED) is 0.138. The van der Waals surface area contributed by atoms with Crippen molar-refractivity contribution in [2.24, 2.45) is 4.99 Å². The van der Waals surface area contributed by atoms with Gasteiger partial charge in [0, 0.05) is 5.75 Å². The fourth-order valence-electron chi connectivity index (χ4n) is 3.95. The van der Waals surface area contributed by atoms with Gasteiger partial charge in [-0.05, 0) is 54.6 Å². The molecule has 0 bridgehead atoms. The number of nitrogens with zero attached hydrogens (tertiary/aromatic N) is 6. The number of aromatic hydroxyl groups is 4. The third-order valence-electron chi connectivity index (χ3n) is 6.01. The monoisotopic (exact) mass is 750 g/mol. The number of carboxylic acids is 1. The highest BCUT2D eigenvalue weighted by Gasteiger charge is 2.26. The summed E-state index contributed by atoms with van der Waals surface area (Å²) in [6.45, 7) is 0. The molecule has 0 unspecified atom stereocenters. The molecule has 0 spiro atoms. The van der Waals surface area contributed by atoms with Crippen molar-refractivity contribution in [1.29, 1.82) is 5.26 Å². The Kier molecular flexibility index (Phi) is 11.1. The molecule has 1 aliphatic heterocycles. The van der Waals surface area contributed by atoms with Crippen molar-refractivity contribution in [3.8, 4) is 39.2 Å². The average Bonchev–Trinajstić information content (AvgIpc) is 3.90. The van der Waals surface area contributed by atoms with Crippen LogP contribution in [-0.2, 0) is 14.4 Å². The number of carbonyl (C=O) groups excluding carboxylic acids is 2. The van der Waals surface area contributed by atoms with Crippen LogP contribution in [0, 0.1) is 11.3 Å². The molecule has 49 heavy (non-hydrogen) atoms. The van der Waals surface area contributed by atoms with Gasteiger partial charge in [0.05, 0.1) is 36.0 Å². The number of rotatable bonds is 3. The number of aliphatic imine (C=N–C) groups is 1. The molecule has 1 atom stereocenters. The lowest BCUT2D eigenvalue weighted by Crippen LogP contribution is -2.17. The van der Waals surface area contributed by atoms with Gasteiger partial charge in [0.1, 0.15) is 33.4 Å². The van der Waals surface area contributed by atoms with Crippen LogP contribution < -0.4 is 0 Å². The largest absolute Gasteiger partial charge is 0.508 e. The van der Waals surface area contributed by atoms with E-state index in [0.29, 0.717) is 25.8 Å². The van der Waals surface area contributed by atoms with Crippen LogP contribution in [0.3, 0.4) is 0 Å². The molecule has 5 heterocycles. The number of fused-ring (bicyclic) bond motifs is 3. The van der Waals surface area contributed by atoms with Gasteiger partial charge in [0.25, 0.3) is 0 Å². The first-order valence-electron chi connectivity index (χ1n) is 13.3. The predicted molar refractivity (Wildman–Crippen MR) is 187 cm³/mol. The lowest BCUT2D eigenvalue weighted by molar-refractivity contribution is -0.191. The van der Waals surface area contributed by atoms with E-state index in [-0.39, 0.29) is 29.3 Å². The van der Waals surface area contributed by atoms with Crippen LogP contribution in [0.5, 0.6) is 23.1 Å². The standard InChI is InChI=1S/C11H8N2O3S2.C10H6N2O2S2.C8H4N2OS.CO2/c14-5-1-2-6-8(3-5)18-10(12-6)9-13-7(4-17-9)11(15)16;13-5-1-2-6-7(3-5)16-10(11-6)9-12-8(14)4-15-9;9-4-8-10-6-2-1-5(11)3-7(6)12-8;2-1-3/h1-3,7,14H,4H2,(H,15,16);1-4,13-14H;1-3,11H;/t7-;;;/m1.../s1. The van der Waals surface area contributed by atoms with E-state index in [2.05, 4.69) is 24.9 Å². The van der Waals surface area contributed by atoms with Gasteiger partial charge < -0.3 is 25.5 Å². The van der Waals surface area contributed by atoms with E-state index in [1.165, 1.54) is 57.1 Å². The van der Waals surface area contributed by atoms with Crippen molar-refractivity contribution in [2.45, 2.75) is 6.04 Å². The third-order valence-corrected chi connectivity index (χ3v) is 11.1. The van der Waals surface area contributed by atoms with Crippen LogP contribution >= 0.6 is 57.1 Å². The third kappa shape index (κ3) is 8.71. The molecular weight excluding hydrogens is 733 g/mol. The second-order valence-electron chi connectivity index (χ2n) is 9.32. The number of aromatic nitrogens is 4. The zero-order chi connectivity index (χ0) is 35.1. The highest BCUT2D eigenvalue weighted by Crippen LogP contribution is 2.35. The lowest BCUT2D eigenvalue weighted by atomic mass is 10.3. The van der Waals surface area contributed by atoms with E-state index >= 15 is 0 Å². The molecule has 0 saturated heterocycles. The molecule has 7 aromatic rings. The first-order valence-corrected chi connectivity index (χ1v) is 17.6. The molecule has 5 N–H and O–H groups in total. The second-order valence-corrected chi connectivity index (χ2v) is 14.3. The van der Waals surface area contributed by atoms with Gasteiger partial charge in [0.2, 0.25) is 5.88 Å². The van der Waals surface area contributed by atoms with Gasteiger partial charge in [-0.15, -0.1) is 57.1 Å². The minimum absolute atomic E-state index is 0.0158. The van der Waals surface area contributed by atoms with Gasteiger partial charge in [-0.3, -0.25) is 4.99 Å². The van der Waals surface area contributed by atoms with Crippen molar-refractivity contribution in [3.63, 3.8) is 0 Å². The minimum Gasteiger partial charge on any atom is -0.508 e. The number of carbonyl (C=O) groups is 1. The van der Waals surface area contributed by atoms with Crippen molar-refractivity contribution in [3.05, 3.63) is 70.0 Å². The molecule has 19 heteroatoms. The summed E-state index contributed by atoms with van der Waals surface area (Å²) in [6.07, 6.45) is 0.250. The van der Waals surface area contributed by atoms with Crippen molar-refractivity contribution >= 4 is 105 Å². The first-order chi connectivity index (χ1) is 23.6. The Balaban J connectivity index is 0.000000140. The average molecular weight is 751 g/mol. The van der Waals surface area contributed by atoms with Crippen LogP contribution in [-0.4, -0.2) is 74.4 Å². The molecule has 246 valence electrons. The molecule has 4 aromatic heterocycles. The first kappa shape index (κ1) is 34.8. The molecule has 0 amide bonds. The van der Waals surface area contributed by atoms with E-state index < -0.39 is 12.0 Å². The SMILES string of the molecule is N#Cc1nc2ccc(O)cc2s1.O=C(O)[C@H]1CSC(c2nc3ccc(O)cc3s2)=N1.O=C=O.Oc1ccc2nc(-c3nc(O)cs3)sc2c1. The van der Waals surface area contributed by atoms with Gasteiger partial charge >= 0.3 is 12.1 Å². The highest BCUT2D eigenvalue weighted by molar-refractivity contribution is 8.15. The Bertz CT molecular complexity index is 2400. The van der Waals surface area contributed by atoms with Gasteiger partial charge in [-0.2, -0.15) is 19.8 Å². The zero-order valence-corrected chi connectivity index (χ0v) is 28.3. The topological polar surface area (TPSA) is 240 Å². The summed E-state index contributed by atoms with van der Waals surface area (Å²) in [5.41, 5.74) is 2.37. The summed E-state index contributed by atoms with van der Waals surface area (Å²) >= 11 is 6.88. The van der Waals surface area contributed by atoms with Crippen LogP contribution in [0.1, 0.15) is 10.0 Å². The molecule has 0 radical (unpaired) electrons. The summed E-state index contributed by atoms with van der Waals surface area (Å²) < 4.78 is 2.61. The number of carboxylic acid groups (broad SMARTS) is 1. The molecule has 1 aliphatic rings. The van der Waals surface area contributed by atoms with E-state index in [1.54, 1.807) is 60.0 Å². The van der Waals surface area contributed by atoms with Crippen LogP contribution in [0.4, 0.5) is 0 Å². The Labute approximate surface area is 294 Å². The van der Waals surface area contributed by atoms with E-state index in [4.69, 9.17) is 30.2 Å². The van der Waals surface area contributed by atoms with Gasteiger partial charge in [-0.25, -0.2) is 19.7 Å². The number of aliphatic carboxylic acids is 1. The molecule has 0 saturated carbocycles. The van der Waals surface area contributed by atoms with Gasteiger partial charge in [-0.1, -0.05) is 0 Å². The Morgan fingerprint density at radius 2 is 1.24 bits per heavy atom. The predicted octanol–water partition coefficient (Wildman–Crippen LogP) is 6.07. The number of phenolic OH excluding ortho intramolecular Hbond substituents is 3. The summed E-state index contributed by atoms with van der Waals surface area (Å²) in [4.78, 5) is 48.0. The Morgan fingerprint density at radius 3 is 1.73 bits per heavy atom. The molecule has 14 nitrogen and oxygen atoms in total. The summed E-state index contributed by atoms with van der Waals surface area (Å²) in [5, 5.41) is 59.3. The Hall–Kier alpha value is -5.48. The maximum absolute atomic E-state index is 10.8. The molecule has 0 fully saturated rings. The van der Waals surface area contributed by atoms with Crippen LogP contribution in [0.15, 0.2) is 65.0 Å². The lowest BCUT2D eigenvalue weighted by Gasteiger charge is -1.93. The summed E-state index contributed by atoms with van der Waals surface area (Å²) in [6, 6.07) is 16.1. The fraction of sp³-hybridized carbons (Fsp3) is 0.0667. The molecule has 8 rings (SSSR count). The van der Waals surface area contributed by atoms with Crippen molar-refractivity contribution in [1.82, 2.24) is 19.9 Å². The van der Waals surface area contributed by atoms with E-state index in [1.807, 2.05) is 6.07 Å². The number of thioether (sulfide) groups is 1.